The summed E-state index contributed by atoms with van der Waals surface area (Å²) in [5.74, 6) is 0. The summed E-state index contributed by atoms with van der Waals surface area (Å²) in [5, 5.41) is 9.55. The van der Waals surface area contributed by atoms with Crippen LogP contribution >= 0.6 is 0 Å². The molecule has 87 heavy (non-hydrogen) atoms. The molecule has 0 atom stereocenters. The molecule has 0 aliphatic carbocycles. The molecule has 0 aromatic heterocycles. The van der Waals surface area contributed by atoms with Crippen molar-refractivity contribution in [3.8, 4) is 33.4 Å². The molecule has 15 aromatic carbocycles. The Labute approximate surface area is 508 Å². The van der Waals surface area contributed by atoms with Crippen molar-refractivity contribution >= 4 is 106 Å². The van der Waals surface area contributed by atoms with Crippen LogP contribution in [0, 0.1) is 0 Å². The van der Waals surface area contributed by atoms with Crippen molar-refractivity contribution in [3.63, 3.8) is 0 Å². The monoisotopic (exact) mass is 1110 g/mol. The average molecular weight is 1110 g/mol. The van der Waals surface area contributed by atoms with Crippen LogP contribution in [0.3, 0.4) is 0 Å². The Kier molecular flexibility index (Phi) is 13.8. The first kappa shape index (κ1) is 52.4. The summed E-state index contributed by atoms with van der Waals surface area (Å²) in [6.07, 6.45) is 0. The Hall–Kier alpha value is -11.5. The maximum Gasteiger partial charge on any atom is 0.0540 e. The van der Waals surface area contributed by atoms with Gasteiger partial charge in [0, 0.05) is 74.1 Å². The second-order valence-corrected chi connectivity index (χ2v) is 22.0. The highest BCUT2D eigenvalue weighted by molar-refractivity contribution is 6.15. The summed E-state index contributed by atoms with van der Waals surface area (Å²) in [6.45, 7) is 0. The number of para-hydroxylation sites is 5. The van der Waals surface area contributed by atoms with E-state index in [0.717, 1.165) is 68.0 Å². The number of nitrogens with zero attached hydrogens (tertiary/aromatic N) is 4. The highest BCUT2D eigenvalue weighted by Crippen LogP contribution is 2.48. The van der Waals surface area contributed by atoms with Gasteiger partial charge in [-0.2, -0.15) is 0 Å². The van der Waals surface area contributed by atoms with Gasteiger partial charge in [-0.3, -0.25) is 0 Å². The molecule has 0 unspecified atom stereocenters. The molecule has 15 rings (SSSR count). The van der Waals surface area contributed by atoms with E-state index in [0.29, 0.717) is 0 Å². The number of hydrogen-bond acceptors (Lipinski definition) is 4. The smallest absolute Gasteiger partial charge is 0.0540 e. The van der Waals surface area contributed by atoms with Crippen LogP contribution in [0.15, 0.2) is 346 Å². The number of anilines is 11. The molecule has 15 aromatic rings. The fraction of sp³-hybridized carbons (Fsp3) is 0.0120. The minimum absolute atomic E-state index is 1.07. The van der Waals surface area contributed by atoms with Gasteiger partial charge >= 0.3 is 0 Å². The molecule has 0 bridgehead atoms. The largest absolute Gasteiger partial charge is 0.344 e. The van der Waals surface area contributed by atoms with Crippen molar-refractivity contribution in [2.45, 2.75) is 0 Å². The van der Waals surface area contributed by atoms with E-state index in [2.05, 4.69) is 372 Å². The molecular formula is C83H60N4. The fourth-order valence-electron chi connectivity index (χ4n) is 12.9. The molecule has 0 amide bonds. The molecule has 0 radical (unpaired) electrons. The third-order valence-corrected chi connectivity index (χ3v) is 17.1. The van der Waals surface area contributed by atoms with Crippen molar-refractivity contribution < 1.29 is 0 Å². The van der Waals surface area contributed by atoms with Gasteiger partial charge in [0.2, 0.25) is 0 Å². The van der Waals surface area contributed by atoms with Crippen molar-refractivity contribution in [3.05, 3.63) is 346 Å². The molecule has 0 heterocycles. The SMILES string of the molecule is CN(c1ccccc1)c1ccc(-c2ccc(N(c3ccccc3)c3ccc(-c4ccc(N(c5ccccc5)c5ccc(-c6ccc(N(c7ccccc7)c7ccccc7)c7ccccc67)c6ccccc56)cc4)cc3)c3ccccc23)c2ccccc12. The molecule has 0 saturated carbocycles. The van der Waals surface area contributed by atoms with Gasteiger partial charge in [0.1, 0.15) is 0 Å². The van der Waals surface area contributed by atoms with Gasteiger partial charge in [0.25, 0.3) is 0 Å². The first-order valence-corrected chi connectivity index (χ1v) is 29.8. The highest BCUT2D eigenvalue weighted by Gasteiger charge is 2.23. The standard InChI is InChI=1S/C83H60N4/c1-84(61-25-7-2-8-26-61)80-55-51-72(68-35-17-21-39-76(68)80)73-53-57-82(78-41-23-19-36-69(73)78)86(64-31-13-5-14-32-64)66-47-43-59(44-48-66)60-45-49-67(50-46-60)87(65-33-15-6-16-34-65)83-58-54-75(71-38-20-24-42-79(71)83)74-52-56-81(77-40-22-18-37-70(74)77)85(62-27-9-3-10-28-62)63-29-11-4-12-30-63/h2-58H,1H3. The molecule has 0 spiro atoms. The molecule has 4 heteroatoms. The Morgan fingerprint density at radius 2 is 0.368 bits per heavy atom. The van der Waals surface area contributed by atoms with Gasteiger partial charge in [-0.05, 0) is 164 Å². The number of rotatable bonds is 14. The lowest BCUT2D eigenvalue weighted by molar-refractivity contribution is 1.22. The summed E-state index contributed by atoms with van der Waals surface area (Å²) >= 11 is 0. The maximum atomic E-state index is 2.40. The van der Waals surface area contributed by atoms with E-state index in [-0.39, 0.29) is 0 Å². The van der Waals surface area contributed by atoms with E-state index < -0.39 is 0 Å². The topological polar surface area (TPSA) is 13.0 Å². The van der Waals surface area contributed by atoms with Crippen LogP contribution in [0.1, 0.15) is 0 Å². The minimum atomic E-state index is 1.07. The van der Waals surface area contributed by atoms with Crippen LogP contribution in [0.2, 0.25) is 0 Å². The number of benzene rings is 15. The van der Waals surface area contributed by atoms with Crippen LogP contribution in [0.4, 0.5) is 62.6 Å². The summed E-state index contributed by atoms with van der Waals surface area (Å²) in [7, 11) is 2.15. The first-order valence-electron chi connectivity index (χ1n) is 29.8. The second kappa shape index (κ2) is 22.9. The van der Waals surface area contributed by atoms with Crippen molar-refractivity contribution in [2.75, 3.05) is 26.6 Å². The molecule has 0 saturated heterocycles. The van der Waals surface area contributed by atoms with Gasteiger partial charge in [-0.25, -0.2) is 0 Å². The Balaban J connectivity index is 0.768. The van der Waals surface area contributed by atoms with Gasteiger partial charge in [0.05, 0.1) is 17.1 Å². The van der Waals surface area contributed by atoms with Gasteiger partial charge in [0.15, 0.2) is 0 Å². The number of fused-ring (bicyclic) bond motifs is 4. The molecular weight excluding hydrogens is 1050 g/mol. The third kappa shape index (κ3) is 9.75. The Morgan fingerprint density at radius 3 is 0.644 bits per heavy atom. The molecule has 0 fully saturated rings. The Bertz CT molecular complexity index is 4880. The van der Waals surface area contributed by atoms with Crippen LogP contribution in [0.5, 0.6) is 0 Å². The molecule has 0 aliphatic rings. The quantitative estimate of drug-likeness (QED) is 0.108. The summed E-state index contributed by atoms with van der Waals surface area (Å²) in [4.78, 5) is 9.43. The first-order chi connectivity index (χ1) is 43.1. The molecule has 0 aliphatic heterocycles. The zero-order chi connectivity index (χ0) is 58.0. The van der Waals surface area contributed by atoms with E-state index in [1.165, 1.54) is 71.0 Å². The van der Waals surface area contributed by atoms with Gasteiger partial charge in [-0.1, -0.05) is 237 Å². The summed E-state index contributed by atoms with van der Waals surface area (Å²) < 4.78 is 0. The lowest BCUT2D eigenvalue weighted by Gasteiger charge is -2.29. The average Bonchev–Trinajstić information content (AvgIpc) is 1.28. The predicted octanol–water partition coefficient (Wildman–Crippen LogP) is 23.5. The van der Waals surface area contributed by atoms with Gasteiger partial charge in [-0.15, -0.1) is 0 Å². The Morgan fingerprint density at radius 1 is 0.161 bits per heavy atom. The normalized spacial score (nSPS) is 11.3. The van der Waals surface area contributed by atoms with Crippen LogP contribution in [-0.4, -0.2) is 7.05 Å². The van der Waals surface area contributed by atoms with Crippen molar-refractivity contribution in [2.24, 2.45) is 0 Å². The van der Waals surface area contributed by atoms with Gasteiger partial charge < -0.3 is 19.6 Å². The van der Waals surface area contributed by atoms with E-state index in [9.17, 15) is 0 Å². The number of hydrogen-bond donors (Lipinski definition) is 0. The maximum absolute atomic E-state index is 2.40. The zero-order valence-corrected chi connectivity index (χ0v) is 48.2. The summed E-state index contributed by atoms with van der Waals surface area (Å²) in [6, 6.07) is 125. The molecule has 412 valence electrons. The predicted molar refractivity (Wildman–Crippen MR) is 371 cm³/mol. The minimum Gasteiger partial charge on any atom is -0.344 e. The van der Waals surface area contributed by atoms with E-state index in [1.807, 2.05) is 0 Å². The van der Waals surface area contributed by atoms with E-state index in [1.54, 1.807) is 0 Å². The van der Waals surface area contributed by atoms with Crippen molar-refractivity contribution in [1.29, 1.82) is 0 Å². The van der Waals surface area contributed by atoms with Crippen molar-refractivity contribution in [1.82, 2.24) is 0 Å². The van der Waals surface area contributed by atoms with Crippen LogP contribution < -0.4 is 19.6 Å². The van der Waals surface area contributed by atoms with E-state index in [4.69, 9.17) is 0 Å². The third-order valence-electron chi connectivity index (χ3n) is 17.1. The lowest BCUT2D eigenvalue weighted by Crippen LogP contribution is -2.11. The zero-order valence-electron chi connectivity index (χ0n) is 48.2. The summed E-state index contributed by atoms with van der Waals surface area (Å²) in [5.41, 5.74) is 19.3. The van der Waals surface area contributed by atoms with Crippen LogP contribution in [-0.2, 0) is 0 Å². The fourth-order valence-corrected chi connectivity index (χ4v) is 12.9. The second-order valence-electron chi connectivity index (χ2n) is 22.0. The van der Waals surface area contributed by atoms with Crippen LogP contribution in [0.25, 0.3) is 76.5 Å². The molecule has 0 N–H and O–H groups in total. The van der Waals surface area contributed by atoms with E-state index >= 15 is 0 Å². The lowest BCUT2D eigenvalue weighted by atomic mass is 9.92. The molecule has 4 nitrogen and oxygen atoms in total. The highest BCUT2D eigenvalue weighted by atomic mass is 15.2.